The van der Waals surface area contributed by atoms with Gasteiger partial charge in [0.2, 0.25) is 0 Å². The Morgan fingerprint density at radius 1 is 0.733 bits per heavy atom. The average Bonchev–Trinajstić information content (AvgIpc) is 2.71. The molecule has 0 atom stereocenters. The van der Waals surface area contributed by atoms with Gasteiger partial charge in [-0.05, 0) is 25.5 Å². The number of carbonyl (C=O) groups excluding carboxylic acids is 1. The molecular formula is C25H40F3NO. The van der Waals surface area contributed by atoms with Crippen LogP contribution in [0.5, 0.6) is 0 Å². The molecule has 0 saturated heterocycles. The van der Waals surface area contributed by atoms with Gasteiger partial charge in [-0.1, -0.05) is 108 Å². The Morgan fingerprint density at radius 3 is 1.53 bits per heavy atom. The number of alkyl halides is 3. The maximum absolute atomic E-state index is 13.0. The molecule has 0 unspecified atom stereocenters. The van der Waals surface area contributed by atoms with Gasteiger partial charge < -0.3 is 4.90 Å². The number of aryl methyl sites for hydroxylation is 1. The van der Waals surface area contributed by atoms with Gasteiger partial charge in [-0.25, -0.2) is 0 Å². The molecule has 5 heteroatoms. The molecule has 0 saturated carbocycles. The molecule has 0 fully saturated rings. The fourth-order valence-corrected chi connectivity index (χ4v) is 3.69. The predicted octanol–water partition coefficient (Wildman–Crippen LogP) is 8.37. The maximum atomic E-state index is 13.0. The van der Waals surface area contributed by atoms with Gasteiger partial charge in [0.05, 0.1) is 0 Å². The zero-order valence-electron chi connectivity index (χ0n) is 18.9. The van der Waals surface area contributed by atoms with Crippen molar-refractivity contribution in [3.8, 4) is 0 Å². The standard InChI is InChI=1S/C25H40F3NO/c1-3-4-5-6-7-8-9-10-11-12-13-14-15-16-21-29(24(30)25(26,27)28)23-19-17-22(2)18-20-23/h17-20H,3-16,21H2,1-2H3. The largest absolute Gasteiger partial charge is 0.471 e. The monoisotopic (exact) mass is 427 g/mol. The van der Waals surface area contributed by atoms with Gasteiger partial charge in [-0.15, -0.1) is 0 Å². The van der Waals surface area contributed by atoms with Gasteiger partial charge in [0.15, 0.2) is 0 Å². The number of nitrogens with zero attached hydrogens (tertiary/aromatic N) is 1. The number of unbranched alkanes of at least 4 members (excludes halogenated alkanes) is 13. The first-order valence-electron chi connectivity index (χ1n) is 11.8. The summed E-state index contributed by atoms with van der Waals surface area (Å²) in [6.07, 6.45) is 11.8. The molecule has 0 aliphatic heterocycles. The number of hydrogen-bond donors (Lipinski definition) is 0. The molecule has 0 aliphatic carbocycles. The Hall–Kier alpha value is -1.52. The summed E-state index contributed by atoms with van der Waals surface area (Å²) in [7, 11) is 0. The van der Waals surface area contributed by atoms with Crippen LogP contribution < -0.4 is 4.90 Å². The minimum Gasteiger partial charge on any atom is -0.305 e. The van der Waals surface area contributed by atoms with Gasteiger partial charge in [0, 0.05) is 12.2 Å². The van der Waals surface area contributed by atoms with Crippen LogP contribution in [-0.2, 0) is 4.79 Å². The summed E-state index contributed by atoms with van der Waals surface area (Å²) in [6.45, 7) is 4.22. The van der Waals surface area contributed by atoms with Crippen LogP contribution in [0.15, 0.2) is 24.3 Å². The third-order valence-electron chi connectivity index (χ3n) is 5.57. The molecular weight excluding hydrogens is 387 g/mol. The number of rotatable bonds is 16. The van der Waals surface area contributed by atoms with Crippen molar-refractivity contribution in [2.24, 2.45) is 0 Å². The Bertz CT molecular complexity index is 569. The second-order valence-corrected chi connectivity index (χ2v) is 8.39. The number of hydrogen-bond acceptors (Lipinski definition) is 1. The van der Waals surface area contributed by atoms with E-state index in [4.69, 9.17) is 0 Å². The molecule has 1 rings (SSSR count). The van der Waals surface area contributed by atoms with E-state index >= 15 is 0 Å². The smallest absolute Gasteiger partial charge is 0.305 e. The highest BCUT2D eigenvalue weighted by Gasteiger charge is 2.42. The average molecular weight is 428 g/mol. The highest BCUT2D eigenvalue weighted by molar-refractivity contribution is 5.97. The van der Waals surface area contributed by atoms with Crippen LogP contribution in [0.25, 0.3) is 0 Å². The van der Waals surface area contributed by atoms with Crippen molar-refractivity contribution in [3.05, 3.63) is 29.8 Å². The highest BCUT2D eigenvalue weighted by atomic mass is 19.4. The first-order valence-corrected chi connectivity index (χ1v) is 11.8. The van der Waals surface area contributed by atoms with Crippen molar-refractivity contribution in [2.45, 2.75) is 110 Å². The minimum atomic E-state index is -4.85. The van der Waals surface area contributed by atoms with Crippen molar-refractivity contribution < 1.29 is 18.0 Å². The van der Waals surface area contributed by atoms with E-state index in [2.05, 4.69) is 6.92 Å². The van der Waals surface area contributed by atoms with Gasteiger partial charge in [0.25, 0.3) is 0 Å². The molecule has 1 aromatic rings. The molecule has 1 amide bonds. The first-order chi connectivity index (χ1) is 14.4. The van der Waals surface area contributed by atoms with Crippen molar-refractivity contribution in [1.82, 2.24) is 0 Å². The third kappa shape index (κ3) is 11.6. The maximum Gasteiger partial charge on any atom is 0.471 e. The second kappa shape index (κ2) is 15.3. The highest BCUT2D eigenvalue weighted by Crippen LogP contribution is 2.25. The quantitative estimate of drug-likeness (QED) is 0.243. The fraction of sp³-hybridized carbons (Fsp3) is 0.720. The van der Waals surface area contributed by atoms with Crippen LogP contribution in [0, 0.1) is 6.92 Å². The van der Waals surface area contributed by atoms with Crippen molar-refractivity contribution in [1.29, 1.82) is 0 Å². The Balaban J connectivity index is 2.17. The molecule has 0 aliphatic rings. The fourth-order valence-electron chi connectivity index (χ4n) is 3.69. The molecule has 0 spiro atoms. The lowest BCUT2D eigenvalue weighted by Crippen LogP contribution is -2.41. The molecule has 0 bridgehead atoms. The molecule has 172 valence electrons. The first kappa shape index (κ1) is 26.5. The number of benzene rings is 1. The van der Waals surface area contributed by atoms with Crippen molar-refractivity contribution >= 4 is 11.6 Å². The van der Waals surface area contributed by atoms with Gasteiger partial charge in [0.1, 0.15) is 0 Å². The van der Waals surface area contributed by atoms with E-state index in [9.17, 15) is 18.0 Å². The molecule has 30 heavy (non-hydrogen) atoms. The van der Waals surface area contributed by atoms with E-state index < -0.39 is 12.1 Å². The SMILES string of the molecule is CCCCCCCCCCCCCCCCN(C(=O)C(F)(F)F)c1ccc(C)cc1. The summed E-state index contributed by atoms with van der Waals surface area (Å²) in [4.78, 5) is 12.7. The van der Waals surface area contributed by atoms with E-state index in [-0.39, 0.29) is 6.54 Å². The summed E-state index contributed by atoms with van der Waals surface area (Å²) >= 11 is 0. The molecule has 1 aromatic carbocycles. The Kier molecular flexibility index (Phi) is 13.5. The lowest BCUT2D eigenvalue weighted by molar-refractivity contribution is -0.170. The van der Waals surface area contributed by atoms with E-state index in [1.807, 2.05) is 6.92 Å². The predicted molar refractivity (Wildman–Crippen MR) is 120 cm³/mol. The summed E-state index contributed by atoms with van der Waals surface area (Å²) in [5, 5.41) is 0. The Morgan fingerprint density at radius 2 is 1.13 bits per heavy atom. The number of anilines is 1. The molecule has 0 N–H and O–H groups in total. The Labute approximate surface area is 181 Å². The van der Waals surface area contributed by atoms with E-state index in [0.29, 0.717) is 12.1 Å². The summed E-state index contributed by atoms with van der Waals surface area (Å²) in [5.41, 5.74) is 1.27. The number of halogens is 3. The summed E-state index contributed by atoms with van der Waals surface area (Å²) in [6, 6.07) is 6.64. The lowest BCUT2D eigenvalue weighted by atomic mass is 10.0. The molecule has 0 radical (unpaired) electrons. The van der Waals surface area contributed by atoms with Gasteiger partial charge in [-0.3, -0.25) is 4.79 Å². The normalized spacial score (nSPS) is 11.6. The van der Waals surface area contributed by atoms with E-state index in [1.54, 1.807) is 24.3 Å². The third-order valence-corrected chi connectivity index (χ3v) is 5.57. The topological polar surface area (TPSA) is 20.3 Å². The lowest BCUT2D eigenvalue weighted by Gasteiger charge is -2.24. The summed E-state index contributed by atoms with van der Waals surface area (Å²) < 4.78 is 38.9. The summed E-state index contributed by atoms with van der Waals surface area (Å²) in [5.74, 6) is -1.78. The van der Waals surface area contributed by atoms with Crippen LogP contribution in [-0.4, -0.2) is 18.6 Å². The minimum absolute atomic E-state index is 0.111. The van der Waals surface area contributed by atoms with Gasteiger partial charge >= 0.3 is 12.1 Å². The van der Waals surface area contributed by atoms with Gasteiger partial charge in [-0.2, -0.15) is 13.2 Å². The van der Waals surface area contributed by atoms with Crippen LogP contribution >= 0.6 is 0 Å². The molecule has 0 heterocycles. The van der Waals surface area contributed by atoms with Crippen LogP contribution in [0.4, 0.5) is 18.9 Å². The molecule has 2 nitrogen and oxygen atoms in total. The van der Waals surface area contributed by atoms with Crippen LogP contribution in [0.3, 0.4) is 0 Å². The zero-order chi connectivity index (χ0) is 22.2. The number of amides is 1. The van der Waals surface area contributed by atoms with Crippen LogP contribution in [0.2, 0.25) is 0 Å². The van der Waals surface area contributed by atoms with E-state index in [0.717, 1.165) is 29.7 Å². The second-order valence-electron chi connectivity index (χ2n) is 8.39. The molecule has 0 aromatic heterocycles. The van der Waals surface area contributed by atoms with Crippen molar-refractivity contribution in [3.63, 3.8) is 0 Å². The number of carbonyl (C=O) groups is 1. The van der Waals surface area contributed by atoms with Crippen LogP contribution in [0.1, 0.15) is 102 Å². The zero-order valence-corrected chi connectivity index (χ0v) is 18.9. The van der Waals surface area contributed by atoms with Crippen molar-refractivity contribution in [2.75, 3.05) is 11.4 Å². The van der Waals surface area contributed by atoms with E-state index in [1.165, 1.54) is 64.2 Å².